The molecular formula is C30H32N6O2. The lowest BCUT2D eigenvalue weighted by molar-refractivity contribution is -0.118. The lowest BCUT2D eigenvalue weighted by Crippen LogP contribution is -2.43. The van der Waals surface area contributed by atoms with Crippen LogP contribution in [-0.2, 0) is 17.4 Å². The van der Waals surface area contributed by atoms with Gasteiger partial charge in [0.05, 0.1) is 29.0 Å². The van der Waals surface area contributed by atoms with Gasteiger partial charge in [0.25, 0.3) is 5.91 Å². The second-order valence-electron chi connectivity index (χ2n) is 10.5. The van der Waals surface area contributed by atoms with E-state index < -0.39 is 5.54 Å². The van der Waals surface area contributed by atoms with Crippen LogP contribution >= 0.6 is 0 Å². The molecule has 3 heterocycles. The maximum absolute atomic E-state index is 13.7. The van der Waals surface area contributed by atoms with Gasteiger partial charge in [-0.15, -0.1) is 0 Å². The van der Waals surface area contributed by atoms with E-state index in [-0.39, 0.29) is 17.9 Å². The van der Waals surface area contributed by atoms with Crippen molar-refractivity contribution in [3.63, 3.8) is 0 Å². The van der Waals surface area contributed by atoms with E-state index in [1.54, 1.807) is 10.7 Å². The zero-order valence-electron chi connectivity index (χ0n) is 21.8. The summed E-state index contributed by atoms with van der Waals surface area (Å²) in [6.45, 7) is 2.78. The molecule has 2 aromatic heterocycles. The Labute approximate surface area is 221 Å². The SMILES string of the molecule is Cc1ccc(NC(=O)[C@H]2CCCCN2)cc1C(=O)NC1(c2cc(-c3cnn(C)c3)nc3ccccc23)CC1. The van der Waals surface area contributed by atoms with Gasteiger partial charge in [0, 0.05) is 35.4 Å². The summed E-state index contributed by atoms with van der Waals surface area (Å²) in [5, 5.41) is 15.0. The third-order valence-corrected chi connectivity index (χ3v) is 7.71. The van der Waals surface area contributed by atoms with E-state index in [1.165, 1.54) is 0 Å². The molecule has 2 fully saturated rings. The van der Waals surface area contributed by atoms with E-state index >= 15 is 0 Å². The molecule has 2 amide bonds. The molecule has 1 aliphatic carbocycles. The summed E-state index contributed by atoms with van der Waals surface area (Å²) in [5.41, 5.74) is 5.34. The first-order chi connectivity index (χ1) is 18.4. The number of nitrogens with one attached hydrogen (secondary N) is 3. The number of carbonyl (C=O) groups is 2. The van der Waals surface area contributed by atoms with Crippen LogP contribution in [0.1, 0.15) is 53.6 Å². The number of pyridine rings is 1. The standard InChI is InChI=1S/C30H32N6O2/c1-19-10-11-21(33-29(38)26-9-5-6-14-31-26)15-23(19)28(37)35-30(12-13-30)24-16-27(20-17-32-36(2)18-20)34-25-8-4-3-7-22(24)25/h3-4,7-8,10-11,15-18,26,31H,5-6,9,12-14H2,1-2H3,(H,33,38)(H,35,37)/t26-/m1/s1. The van der Waals surface area contributed by atoms with Crippen molar-refractivity contribution in [1.29, 1.82) is 0 Å². The average molecular weight is 509 g/mol. The number of hydrogen-bond acceptors (Lipinski definition) is 5. The van der Waals surface area contributed by atoms with Gasteiger partial charge < -0.3 is 16.0 Å². The van der Waals surface area contributed by atoms with Crippen molar-refractivity contribution in [2.75, 3.05) is 11.9 Å². The minimum Gasteiger partial charge on any atom is -0.342 e. The smallest absolute Gasteiger partial charge is 0.252 e. The summed E-state index contributed by atoms with van der Waals surface area (Å²) in [5.74, 6) is -0.194. The molecule has 0 spiro atoms. The van der Waals surface area contributed by atoms with Crippen molar-refractivity contribution < 1.29 is 9.59 Å². The zero-order chi connectivity index (χ0) is 26.3. The molecule has 0 unspecified atom stereocenters. The number of hydrogen-bond donors (Lipinski definition) is 3. The van der Waals surface area contributed by atoms with Crippen LogP contribution in [0, 0.1) is 6.92 Å². The Morgan fingerprint density at radius 1 is 1.11 bits per heavy atom. The first-order valence-electron chi connectivity index (χ1n) is 13.3. The van der Waals surface area contributed by atoms with Gasteiger partial charge >= 0.3 is 0 Å². The monoisotopic (exact) mass is 508 g/mol. The van der Waals surface area contributed by atoms with Gasteiger partial charge in [0.2, 0.25) is 5.91 Å². The maximum Gasteiger partial charge on any atom is 0.252 e. The topological polar surface area (TPSA) is 101 Å². The number of amides is 2. The Kier molecular flexibility index (Phi) is 6.19. The largest absolute Gasteiger partial charge is 0.342 e. The van der Waals surface area contributed by atoms with Crippen LogP contribution in [0.5, 0.6) is 0 Å². The Morgan fingerprint density at radius 2 is 1.95 bits per heavy atom. The summed E-state index contributed by atoms with van der Waals surface area (Å²) in [6, 6.07) is 15.5. The number of rotatable bonds is 6. The first-order valence-corrected chi connectivity index (χ1v) is 13.3. The molecule has 2 aromatic carbocycles. The van der Waals surface area contributed by atoms with Crippen molar-refractivity contribution in [3.05, 3.63) is 77.6 Å². The van der Waals surface area contributed by atoms with Crippen molar-refractivity contribution in [2.24, 2.45) is 7.05 Å². The highest BCUT2D eigenvalue weighted by Crippen LogP contribution is 2.49. The molecule has 1 atom stereocenters. The molecule has 0 radical (unpaired) electrons. The van der Waals surface area contributed by atoms with Gasteiger partial charge in [-0.1, -0.05) is 30.7 Å². The molecule has 4 aromatic rings. The van der Waals surface area contributed by atoms with Crippen LogP contribution in [-0.4, -0.2) is 39.2 Å². The molecular weight excluding hydrogens is 476 g/mol. The molecule has 8 heteroatoms. The summed E-state index contributed by atoms with van der Waals surface area (Å²) in [6.07, 6.45) is 8.42. The molecule has 1 saturated carbocycles. The van der Waals surface area contributed by atoms with E-state index in [2.05, 4.69) is 33.2 Å². The van der Waals surface area contributed by atoms with Gasteiger partial charge in [0.15, 0.2) is 0 Å². The Balaban J connectivity index is 1.29. The minimum atomic E-state index is -0.464. The second kappa shape index (κ2) is 9.68. The number of aromatic nitrogens is 3. The van der Waals surface area contributed by atoms with E-state index in [9.17, 15) is 9.59 Å². The molecule has 3 N–H and O–H groups in total. The van der Waals surface area contributed by atoms with Gasteiger partial charge in [0.1, 0.15) is 0 Å². The minimum absolute atomic E-state index is 0.0511. The molecule has 1 saturated heterocycles. The van der Waals surface area contributed by atoms with Crippen LogP contribution in [0.2, 0.25) is 0 Å². The number of para-hydroxylation sites is 1. The lowest BCUT2D eigenvalue weighted by atomic mass is 9.96. The summed E-state index contributed by atoms with van der Waals surface area (Å²) < 4.78 is 1.76. The summed E-state index contributed by atoms with van der Waals surface area (Å²) in [4.78, 5) is 31.3. The normalized spacial score (nSPS) is 18.2. The number of piperidine rings is 1. The van der Waals surface area contributed by atoms with E-state index in [4.69, 9.17) is 4.98 Å². The van der Waals surface area contributed by atoms with E-state index in [0.29, 0.717) is 11.3 Å². The van der Waals surface area contributed by atoms with Crippen molar-refractivity contribution in [1.82, 2.24) is 25.4 Å². The Morgan fingerprint density at radius 3 is 2.68 bits per heavy atom. The predicted octanol–water partition coefficient (Wildman–Crippen LogP) is 4.44. The highest BCUT2D eigenvalue weighted by Gasteiger charge is 2.47. The number of benzene rings is 2. The quantitative estimate of drug-likeness (QED) is 0.357. The van der Waals surface area contributed by atoms with E-state index in [1.807, 2.05) is 56.7 Å². The first kappa shape index (κ1) is 24.3. The van der Waals surface area contributed by atoms with Gasteiger partial charge in [-0.25, -0.2) is 4.98 Å². The third kappa shape index (κ3) is 4.67. The van der Waals surface area contributed by atoms with Gasteiger partial charge in [-0.2, -0.15) is 5.10 Å². The average Bonchev–Trinajstić information content (AvgIpc) is 3.58. The lowest BCUT2D eigenvalue weighted by Gasteiger charge is -2.23. The van der Waals surface area contributed by atoms with Gasteiger partial charge in [-0.05, 0) is 74.5 Å². The van der Waals surface area contributed by atoms with Crippen molar-refractivity contribution in [3.8, 4) is 11.3 Å². The molecule has 2 aliphatic rings. The molecule has 1 aliphatic heterocycles. The highest BCUT2D eigenvalue weighted by atomic mass is 16.2. The highest BCUT2D eigenvalue weighted by molar-refractivity contribution is 6.00. The number of carbonyl (C=O) groups excluding carboxylic acids is 2. The maximum atomic E-state index is 13.7. The predicted molar refractivity (Wildman–Crippen MR) is 148 cm³/mol. The van der Waals surface area contributed by atoms with Crippen LogP contribution in [0.4, 0.5) is 5.69 Å². The number of anilines is 1. The molecule has 6 rings (SSSR count). The fourth-order valence-electron chi connectivity index (χ4n) is 5.39. The van der Waals surface area contributed by atoms with Crippen LogP contribution < -0.4 is 16.0 Å². The number of aryl methyl sites for hydroxylation is 2. The van der Waals surface area contributed by atoms with Crippen molar-refractivity contribution >= 4 is 28.4 Å². The Hall–Kier alpha value is -4.04. The van der Waals surface area contributed by atoms with Crippen LogP contribution in [0.15, 0.2) is 60.9 Å². The fourth-order valence-corrected chi connectivity index (χ4v) is 5.39. The third-order valence-electron chi connectivity index (χ3n) is 7.71. The van der Waals surface area contributed by atoms with E-state index in [0.717, 1.165) is 71.9 Å². The van der Waals surface area contributed by atoms with Crippen LogP contribution in [0.3, 0.4) is 0 Å². The molecule has 194 valence electrons. The summed E-state index contributed by atoms with van der Waals surface area (Å²) >= 11 is 0. The van der Waals surface area contributed by atoms with Crippen LogP contribution in [0.25, 0.3) is 22.2 Å². The molecule has 38 heavy (non-hydrogen) atoms. The number of fused-ring (bicyclic) bond motifs is 1. The Bertz CT molecular complexity index is 1530. The fraction of sp³-hybridized carbons (Fsp3) is 0.333. The summed E-state index contributed by atoms with van der Waals surface area (Å²) in [7, 11) is 1.89. The molecule has 0 bridgehead atoms. The molecule has 8 nitrogen and oxygen atoms in total. The number of nitrogens with zero attached hydrogens (tertiary/aromatic N) is 3. The van der Waals surface area contributed by atoms with Gasteiger partial charge in [-0.3, -0.25) is 14.3 Å². The zero-order valence-corrected chi connectivity index (χ0v) is 21.8. The second-order valence-corrected chi connectivity index (χ2v) is 10.5. The van der Waals surface area contributed by atoms with Crippen molar-refractivity contribution in [2.45, 2.75) is 50.6 Å².